The Morgan fingerprint density at radius 1 is 1.05 bits per heavy atom. The Morgan fingerprint density at radius 3 is 2.25 bits per heavy atom. The number of carbonyl (C=O) groups excluding carboxylic acids is 1. The predicted octanol–water partition coefficient (Wildman–Crippen LogP) is 3.79. The molecule has 104 valence electrons. The first-order valence-electron chi connectivity index (χ1n) is 6.83. The Hall–Kier alpha value is -2.13. The van der Waals surface area contributed by atoms with E-state index in [0.29, 0.717) is 6.61 Å². The van der Waals surface area contributed by atoms with Crippen LogP contribution in [-0.4, -0.2) is 12.5 Å². The van der Waals surface area contributed by atoms with Crippen LogP contribution in [0.15, 0.2) is 60.7 Å². The van der Waals surface area contributed by atoms with Crippen molar-refractivity contribution in [2.45, 2.75) is 19.4 Å². The number of anilines is 1. The number of para-hydroxylation sites is 1. The van der Waals surface area contributed by atoms with Crippen molar-refractivity contribution in [3.8, 4) is 0 Å². The number of benzene rings is 2. The summed E-state index contributed by atoms with van der Waals surface area (Å²) in [5.41, 5.74) is 1.65. The summed E-state index contributed by atoms with van der Waals surface area (Å²) in [5, 5.41) is 2.89. The molecule has 0 aliphatic heterocycles. The molecular formula is C17H19NO2. The molecule has 0 aliphatic rings. The van der Waals surface area contributed by atoms with Crippen LogP contribution in [0.3, 0.4) is 0 Å². The highest BCUT2D eigenvalue weighted by molar-refractivity contribution is 5.94. The molecule has 3 heteroatoms. The molecule has 0 radical (unpaired) electrons. The van der Waals surface area contributed by atoms with Gasteiger partial charge in [0.1, 0.15) is 0 Å². The Morgan fingerprint density at radius 2 is 1.65 bits per heavy atom. The van der Waals surface area contributed by atoms with Gasteiger partial charge in [-0.05, 0) is 24.1 Å². The van der Waals surface area contributed by atoms with Gasteiger partial charge in [0.25, 0.3) is 5.91 Å². The maximum Gasteiger partial charge on any atom is 0.258 e. The molecule has 1 amide bonds. The zero-order valence-electron chi connectivity index (χ0n) is 11.6. The van der Waals surface area contributed by atoms with Gasteiger partial charge in [0.15, 0.2) is 6.10 Å². The van der Waals surface area contributed by atoms with E-state index in [9.17, 15) is 4.79 Å². The summed E-state index contributed by atoms with van der Waals surface area (Å²) >= 11 is 0. The van der Waals surface area contributed by atoms with Gasteiger partial charge in [-0.3, -0.25) is 4.79 Å². The number of hydrogen-bond acceptors (Lipinski definition) is 2. The fourth-order valence-corrected chi connectivity index (χ4v) is 1.92. The minimum Gasteiger partial charge on any atom is -0.364 e. The van der Waals surface area contributed by atoms with Gasteiger partial charge >= 0.3 is 0 Å². The van der Waals surface area contributed by atoms with E-state index >= 15 is 0 Å². The van der Waals surface area contributed by atoms with Crippen LogP contribution in [-0.2, 0) is 9.53 Å². The van der Waals surface area contributed by atoms with E-state index in [0.717, 1.165) is 17.7 Å². The Bertz CT molecular complexity index is 525. The maximum atomic E-state index is 12.4. The van der Waals surface area contributed by atoms with Gasteiger partial charge in [-0.15, -0.1) is 0 Å². The van der Waals surface area contributed by atoms with Crippen LogP contribution in [0.25, 0.3) is 0 Å². The number of rotatable bonds is 6. The topological polar surface area (TPSA) is 38.3 Å². The molecule has 2 aromatic rings. The largest absolute Gasteiger partial charge is 0.364 e. The lowest BCUT2D eigenvalue weighted by molar-refractivity contribution is -0.127. The molecule has 0 saturated heterocycles. The summed E-state index contributed by atoms with van der Waals surface area (Å²) < 4.78 is 5.70. The van der Waals surface area contributed by atoms with Crippen molar-refractivity contribution < 1.29 is 9.53 Å². The second-order valence-corrected chi connectivity index (χ2v) is 4.52. The van der Waals surface area contributed by atoms with E-state index in [4.69, 9.17) is 4.74 Å². The van der Waals surface area contributed by atoms with E-state index < -0.39 is 6.10 Å². The predicted molar refractivity (Wildman–Crippen MR) is 80.5 cm³/mol. The molecule has 3 nitrogen and oxygen atoms in total. The molecule has 1 N–H and O–H groups in total. The molecule has 0 aliphatic carbocycles. The van der Waals surface area contributed by atoms with E-state index in [1.807, 2.05) is 67.6 Å². The van der Waals surface area contributed by atoms with Crippen molar-refractivity contribution in [2.24, 2.45) is 0 Å². The molecule has 1 unspecified atom stereocenters. The number of nitrogens with one attached hydrogen (secondary N) is 1. The van der Waals surface area contributed by atoms with Gasteiger partial charge < -0.3 is 10.1 Å². The first kappa shape index (κ1) is 14.3. The van der Waals surface area contributed by atoms with Crippen molar-refractivity contribution in [1.82, 2.24) is 0 Å². The lowest BCUT2D eigenvalue weighted by Gasteiger charge is -2.17. The molecule has 0 heterocycles. The molecule has 0 aromatic heterocycles. The van der Waals surface area contributed by atoms with Gasteiger partial charge in [0.2, 0.25) is 0 Å². The molecule has 0 spiro atoms. The van der Waals surface area contributed by atoms with Crippen LogP contribution in [0.2, 0.25) is 0 Å². The van der Waals surface area contributed by atoms with E-state index in [1.165, 1.54) is 0 Å². The van der Waals surface area contributed by atoms with Crippen molar-refractivity contribution in [3.05, 3.63) is 66.2 Å². The molecule has 0 saturated carbocycles. The fourth-order valence-electron chi connectivity index (χ4n) is 1.92. The summed E-state index contributed by atoms with van der Waals surface area (Å²) in [6, 6.07) is 19.0. The van der Waals surface area contributed by atoms with Crippen LogP contribution in [0.5, 0.6) is 0 Å². The highest BCUT2D eigenvalue weighted by atomic mass is 16.5. The average Bonchev–Trinajstić information content (AvgIpc) is 2.50. The SMILES string of the molecule is CCCOC(C(=O)Nc1ccccc1)c1ccccc1. The number of ether oxygens (including phenoxy) is 1. The first-order chi connectivity index (χ1) is 9.81. The minimum atomic E-state index is -0.573. The maximum absolute atomic E-state index is 12.4. The first-order valence-corrected chi connectivity index (χ1v) is 6.83. The second-order valence-electron chi connectivity index (χ2n) is 4.52. The molecule has 0 fully saturated rings. The number of amides is 1. The van der Waals surface area contributed by atoms with Gasteiger partial charge in [-0.1, -0.05) is 55.5 Å². The second kappa shape index (κ2) is 7.46. The van der Waals surface area contributed by atoms with Crippen LogP contribution in [0, 0.1) is 0 Å². The van der Waals surface area contributed by atoms with Gasteiger partial charge in [0.05, 0.1) is 0 Å². The Labute approximate surface area is 119 Å². The molecular weight excluding hydrogens is 250 g/mol. The molecule has 1 atom stereocenters. The van der Waals surface area contributed by atoms with Crippen LogP contribution in [0.1, 0.15) is 25.0 Å². The quantitative estimate of drug-likeness (QED) is 0.866. The van der Waals surface area contributed by atoms with Crippen LogP contribution < -0.4 is 5.32 Å². The standard InChI is InChI=1S/C17H19NO2/c1-2-13-20-16(14-9-5-3-6-10-14)17(19)18-15-11-7-4-8-12-15/h3-12,16H,2,13H2,1H3,(H,18,19). The fraction of sp³-hybridized carbons (Fsp3) is 0.235. The zero-order valence-corrected chi connectivity index (χ0v) is 11.6. The van der Waals surface area contributed by atoms with Gasteiger partial charge in [0, 0.05) is 12.3 Å². The van der Waals surface area contributed by atoms with E-state index in [1.54, 1.807) is 0 Å². The van der Waals surface area contributed by atoms with Gasteiger partial charge in [-0.2, -0.15) is 0 Å². The molecule has 20 heavy (non-hydrogen) atoms. The third-order valence-electron chi connectivity index (χ3n) is 2.87. The summed E-state index contributed by atoms with van der Waals surface area (Å²) in [4.78, 5) is 12.4. The number of hydrogen-bond donors (Lipinski definition) is 1. The van der Waals surface area contributed by atoms with Gasteiger partial charge in [-0.25, -0.2) is 0 Å². The van der Waals surface area contributed by atoms with Crippen molar-refractivity contribution in [1.29, 1.82) is 0 Å². The highest BCUT2D eigenvalue weighted by Gasteiger charge is 2.20. The summed E-state index contributed by atoms with van der Waals surface area (Å²) in [5.74, 6) is -0.143. The lowest BCUT2D eigenvalue weighted by Crippen LogP contribution is -2.23. The van der Waals surface area contributed by atoms with Crippen LogP contribution >= 0.6 is 0 Å². The monoisotopic (exact) mass is 269 g/mol. The van der Waals surface area contributed by atoms with Crippen molar-refractivity contribution in [2.75, 3.05) is 11.9 Å². The number of carbonyl (C=O) groups is 1. The van der Waals surface area contributed by atoms with Crippen molar-refractivity contribution in [3.63, 3.8) is 0 Å². The third-order valence-corrected chi connectivity index (χ3v) is 2.87. The molecule has 0 bridgehead atoms. The third kappa shape index (κ3) is 3.93. The highest BCUT2D eigenvalue weighted by Crippen LogP contribution is 2.20. The van der Waals surface area contributed by atoms with Crippen LogP contribution in [0.4, 0.5) is 5.69 Å². The van der Waals surface area contributed by atoms with E-state index in [2.05, 4.69) is 5.32 Å². The smallest absolute Gasteiger partial charge is 0.258 e. The van der Waals surface area contributed by atoms with E-state index in [-0.39, 0.29) is 5.91 Å². The Kier molecular flexibility index (Phi) is 5.33. The minimum absolute atomic E-state index is 0.143. The Balaban J connectivity index is 2.12. The summed E-state index contributed by atoms with van der Waals surface area (Å²) in [6.07, 6.45) is 0.304. The average molecular weight is 269 g/mol. The zero-order chi connectivity index (χ0) is 14.2. The lowest BCUT2D eigenvalue weighted by atomic mass is 10.1. The summed E-state index contributed by atoms with van der Waals surface area (Å²) in [6.45, 7) is 2.58. The molecule has 2 rings (SSSR count). The normalized spacial score (nSPS) is 11.8. The molecule has 2 aromatic carbocycles. The van der Waals surface area contributed by atoms with Crippen molar-refractivity contribution >= 4 is 11.6 Å². The summed E-state index contributed by atoms with van der Waals surface area (Å²) in [7, 11) is 0.